The molecule has 0 aromatic heterocycles. The monoisotopic (exact) mass is 572 g/mol. The number of carbonyl (C=O) groups excluding carboxylic acids is 2. The third-order valence-electron chi connectivity index (χ3n) is 8.28. The van der Waals surface area contributed by atoms with E-state index in [1.54, 1.807) is 6.07 Å². The third kappa shape index (κ3) is 7.40. The van der Waals surface area contributed by atoms with Crippen molar-refractivity contribution in [2.75, 3.05) is 19.7 Å². The van der Waals surface area contributed by atoms with Gasteiger partial charge in [0.25, 0.3) is 0 Å². The van der Waals surface area contributed by atoms with Crippen LogP contribution in [0.5, 0.6) is 5.75 Å². The number of benzene rings is 2. The van der Waals surface area contributed by atoms with Gasteiger partial charge in [0.05, 0.1) is 17.5 Å². The molecule has 1 heterocycles. The number of carboxylic acid groups (broad SMARTS) is 1. The standard InChI is InChI=1S/C31H38ClFN2O5/c1-3-23-16-22(6-11-28(23)40-15-14-35-29(36)12-13-30(35)37)19-34(18-21-4-7-24(8-5-21)31(38)39)20(2)25-9-10-26(32)27(33)17-25/h6,9-11,16-17,20-21,24H,3-5,7-8,12-15,18-19H2,1-2H3,(H,38,39)/t20-,21?,24?/m1/s1. The average Bonchev–Trinajstić information content (AvgIpc) is 3.27. The largest absolute Gasteiger partial charge is 0.491 e. The van der Waals surface area contributed by atoms with Crippen LogP contribution in [0.4, 0.5) is 4.39 Å². The van der Waals surface area contributed by atoms with Crippen LogP contribution in [0.15, 0.2) is 36.4 Å². The highest BCUT2D eigenvalue weighted by atomic mass is 35.5. The molecule has 1 saturated heterocycles. The fourth-order valence-electron chi connectivity index (χ4n) is 5.77. The first-order valence-electron chi connectivity index (χ1n) is 14.2. The van der Waals surface area contributed by atoms with E-state index in [0.717, 1.165) is 48.2 Å². The van der Waals surface area contributed by atoms with Crippen LogP contribution in [0.1, 0.15) is 75.1 Å². The van der Waals surface area contributed by atoms with E-state index in [1.807, 2.05) is 18.2 Å². The second kappa shape index (κ2) is 13.6. The lowest BCUT2D eigenvalue weighted by molar-refractivity contribution is -0.143. The molecule has 1 saturated carbocycles. The molecule has 2 aromatic rings. The molecule has 2 aromatic carbocycles. The van der Waals surface area contributed by atoms with Crippen LogP contribution in [0.3, 0.4) is 0 Å². The SMILES string of the molecule is CCc1cc(CN(CC2CCC(C(=O)O)CC2)[C@H](C)c2ccc(Cl)c(F)c2)ccc1OCCN1C(=O)CCC1=O. The molecule has 2 amide bonds. The minimum Gasteiger partial charge on any atom is -0.491 e. The quantitative estimate of drug-likeness (QED) is 0.313. The molecule has 40 heavy (non-hydrogen) atoms. The summed E-state index contributed by atoms with van der Waals surface area (Å²) in [5.74, 6) is -0.629. The van der Waals surface area contributed by atoms with E-state index in [4.69, 9.17) is 16.3 Å². The highest BCUT2D eigenvalue weighted by Gasteiger charge is 2.30. The van der Waals surface area contributed by atoms with Crippen LogP contribution in [-0.2, 0) is 27.3 Å². The molecule has 0 unspecified atom stereocenters. The molecule has 0 radical (unpaired) electrons. The summed E-state index contributed by atoms with van der Waals surface area (Å²) >= 11 is 5.94. The van der Waals surface area contributed by atoms with E-state index in [0.29, 0.717) is 25.3 Å². The van der Waals surface area contributed by atoms with Gasteiger partial charge in [-0.3, -0.25) is 24.2 Å². The van der Waals surface area contributed by atoms with Crippen molar-refractivity contribution < 1.29 is 28.6 Å². The molecule has 1 atom stereocenters. The highest BCUT2D eigenvalue weighted by Crippen LogP contribution is 2.33. The summed E-state index contributed by atoms with van der Waals surface area (Å²) in [6.45, 7) is 6.01. The molecule has 1 aliphatic heterocycles. The van der Waals surface area contributed by atoms with Gasteiger partial charge >= 0.3 is 5.97 Å². The Morgan fingerprint density at radius 2 is 1.82 bits per heavy atom. The van der Waals surface area contributed by atoms with Crippen molar-refractivity contribution in [3.8, 4) is 5.75 Å². The second-order valence-corrected chi connectivity index (χ2v) is 11.3. The van der Waals surface area contributed by atoms with Gasteiger partial charge in [-0.2, -0.15) is 0 Å². The molecular weight excluding hydrogens is 535 g/mol. The Morgan fingerprint density at radius 3 is 2.45 bits per heavy atom. The van der Waals surface area contributed by atoms with Crippen molar-refractivity contribution in [3.63, 3.8) is 0 Å². The molecule has 4 rings (SSSR count). The molecule has 2 fully saturated rings. The summed E-state index contributed by atoms with van der Waals surface area (Å²) < 4.78 is 20.3. The number of carboxylic acids is 1. The van der Waals surface area contributed by atoms with Gasteiger partial charge < -0.3 is 9.84 Å². The fourth-order valence-corrected chi connectivity index (χ4v) is 5.89. The molecule has 7 nitrogen and oxygen atoms in total. The zero-order chi connectivity index (χ0) is 28.8. The number of carbonyl (C=O) groups is 3. The van der Waals surface area contributed by atoms with Crippen LogP contribution < -0.4 is 4.74 Å². The number of aliphatic carboxylic acids is 1. The van der Waals surface area contributed by atoms with Gasteiger partial charge in [0.15, 0.2) is 0 Å². The number of imide groups is 1. The van der Waals surface area contributed by atoms with Crippen molar-refractivity contribution >= 4 is 29.4 Å². The lowest BCUT2D eigenvalue weighted by atomic mass is 9.81. The Bertz CT molecular complexity index is 1210. The predicted molar refractivity (Wildman–Crippen MR) is 151 cm³/mol. The van der Waals surface area contributed by atoms with Crippen molar-refractivity contribution in [1.29, 1.82) is 0 Å². The van der Waals surface area contributed by atoms with Gasteiger partial charge in [0.1, 0.15) is 18.2 Å². The van der Waals surface area contributed by atoms with E-state index in [2.05, 4.69) is 24.8 Å². The van der Waals surface area contributed by atoms with E-state index >= 15 is 0 Å². The molecule has 0 bridgehead atoms. The highest BCUT2D eigenvalue weighted by molar-refractivity contribution is 6.30. The normalized spacial score (nSPS) is 20.3. The number of hydrogen-bond donors (Lipinski definition) is 1. The number of aryl methyl sites for hydroxylation is 1. The Kier molecular flexibility index (Phi) is 10.2. The molecule has 0 spiro atoms. The Morgan fingerprint density at radius 1 is 1.12 bits per heavy atom. The first-order valence-corrected chi connectivity index (χ1v) is 14.5. The summed E-state index contributed by atoms with van der Waals surface area (Å²) in [6.07, 6.45) is 4.35. The van der Waals surface area contributed by atoms with Crippen LogP contribution >= 0.6 is 11.6 Å². The van der Waals surface area contributed by atoms with E-state index < -0.39 is 11.8 Å². The third-order valence-corrected chi connectivity index (χ3v) is 8.59. The fraction of sp³-hybridized carbons (Fsp3) is 0.516. The van der Waals surface area contributed by atoms with E-state index in [9.17, 15) is 23.9 Å². The van der Waals surface area contributed by atoms with Gasteiger partial charge in [0, 0.05) is 32.0 Å². The smallest absolute Gasteiger partial charge is 0.306 e. The van der Waals surface area contributed by atoms with Crippen molar-refractivity contribution in [2.24, 2.45) is 11.8 Å². The van der Waals surface area contributed by atoms with Gasteiger partial charge in [-0.1, -0.05) is 36.7 Å². The Hall–Kier alpha value is -2.97. The maximum Gasteiger partial charge on any atom is 0.306 e. The summed E-state index contributed by atoms with van der Waals surface area (Å²) in [6, 6.07) is 10.9. The summed E-state index contributed by atoms with van der Waals surface area (Å²) in [5.41, 5.74) is 2.96. The minimum absolute atomic E-state index is 0.0829. The summed E-state index contributed by atoms with van der Waals surface area (Å²) in [5, 5.41) is 9.49. The predicted octanol–water partition coefficient (Wildman–Crippen LogP) is 6.02. The average molecular weight is 573 g/mol. The summed E-state index contributed by atoms with van der Waals surface area (Å²) in [7, 11) is 0. The van der Waals surface area contributed by atoms with Crippen LogP contribution in [0.2, 0.25) is 5.02 Å². The number of rotatable bonds is 12. The van der Waals surface area contributed by atoms with E-state index in [1.165, 1.54) is 11.0 Å². The van der Waals surface area contributed by atoms with Crippen molar-refractivity contribution in [1.82, 2.24) is 9.80 Å². The molecule has 1 aliphatic carbocycles. The van der Waals surface area contributed by atoms with Crippen LogP contribution in [-0.4, -0.2) is 52.4 Å². The van der Waals surface area contributed by atoms with Gasteiger partial charge in [0.2, 0.25) is 11.8 Å². The van der Waals surface area contributed by atoms with Gasteiger partial charge in [-0.05, 0) is 79.8 Å². The Labute approximate surface area is 240 Å². The van der Waals surface area contributed by atoms with Gasteiger partial charge in [-0.15, -0.1) is 0 Å². The number of nitrogens with zero attached hydrogens (tertiary/aromatic N) is 2. The minimum atomic E-state index is -0.714. The van der Waals surface area contributed by atoms with Gasteiger partial charge in [-0.25, -0.2) is 4.39 Å². The zero-order valence-electron chi connectivity index (χ0n) is 23.2. The topological polar surface area (TPSA) is 87.2 Å². The first kappa shape index (κ1) is 30.0. The van der Waals surface area contributed by atoms with Crippen LogP contribution in [0.25, 0.3) is 0 Å². The van der Waals surface area contributed by atoms with Crippen molar-refractivity contribution in [3.05, 3.63) is 63.9 Å². The lowest BCUT2D eigenvalue weighted by Crippen LogP contribution is -2.34. The molecule has 9 heteroatoms. The van der Waals surface area contributed by atoms with Crippen LogP contribution in [0, 0.1) is 17.7 Å². The molecular formula is C31H38ClFN2O5. The maximum absolute atomic E-state index is 14.3. The number of halogens is 2. The number of likely N-dealkylation sites (tertiary alicyclic amines) is 1. The number of hydrogen-bond acceptors (Lipinski definition) is 5. The lowest BCUT2D eigenvalue weighted by Gasteiger charge is -2.35. The molecule has 216 valence electrons. The molecule has 1 N–H and O–H groups in total. The van der Waals surface area contributed by atoms with Crippen molar-refractivity contribution in [2.45, 2.75) is 71.4 Å². The Balaban J connectivity index is 1.47. The number of amides is 2. The summed E-state index contributed by atoms with van der Waals surface area (Å²) in [4.78, 5) is 38.8. The second-order valence-electron chi connectivity index (χ2n) is 10.9. The molecule has 2 aliphatic rings. The number of ether oxygens (including phenoxy) is 1. The maximum atomic E-state index is 14.3. The zero-order valence-corrected chi connectivity index (χ0v) is 24.0. The van der Waals surface area contributed by atoms with E-state index in [-0.39, 0.29) is 54.8 Å². The first-order chi connectivity index (χ1) is 19.2.